The summed E-state index contributed by atoms with van der Waals surface area (Å²) < 4.78 is 14.5. The van der Waals surface area contributed by atoms with Crippen LogP contribution in [-0.2, 0) is 6.42 Å². The van der Waals surface area contributed by atoms with Crippen molar-refractivity contribution in [3.63, 3.8) is 0 Å². The van der Waals surface area contributed by atoms with Crippen molar-refractivity contribution < 1.29 is 4.39 Å². The molecule has 0 saturated carbocycles. The van der Waals surface area contributed by atoms with Gasteiger partial charge in [0.15, 0.2) is 0 Å². The third kappa shape index (κ3) is 2.79. The molecule has 15 heavy (non-hydrogen) atoms. The molecule has 0 aromatic heterocycles. The van der Waals surface area contributed by atoms with Crippen molar-refractivity contribution >= 4 is 15.9 Å². The molecule has 1 unspecified atom stereocenters. The smallest absolute Gasteiger partial charge is 0.127 e. The molecule has 1 aliphatic heterocycles. The molecule has 1 saturated heterocycles. The Labute approximate surface area is 98.2 Å². The number of hydrogen-bond acceptors (Lipinski definition) is 1. The summed E-state index contributed by atoms with van der Waals surface area (Å²) in [6, 6.07) is 5.19. The first-order valence-corrected chi connectivity index (χ1v) is 6.20. The molecule has 1 aliphatic rings. The lowest BCUT2D eigenvalue weighted by molar-refractivity contribution is 0.371. The third-order valence-corrected chi connectivity index (χ3v) is 3.70. The van der Waals surface area contributed by atoms with Gasteiger partial charge in [-0.1, -0.05) is 22.0 Å². The first-order chi connectivity index (χ1) is 7.27. The van der Waals surface area contributed by atoms with Crippen LogP contribution in [0.3, 0.4) is 0 Å². The van der Waals surface area contributed by atoms with Crippen LogP contribution in [0, 0.1) is 11.7 Å². The van der Waals surface area contributed by atoms with Gasteiger partial charge in [-0.3, -0.25) is 0 Å². The van der Waals surface area contributed by atoms with E-state index >= 15 is 0 Å². The molecule has 1 nitrogen and oxygen atoms in total. The minimum atomic E-state index is -0.0880. The summed E-state index contributed by atoms with van der Waals surface area (Å²) in [6.07, 6.45) is 3.24. The Morgan fingerprint density at radius 3 is 3.00 bits per heavy atom. The lowest BCUT2D eigenvalue weighted by Gasteiger charge is -2.23. The SMILES string of the molecule is Fc1cccc(Br)c1CC1CCCNC1. The zero-order valence-electron chi connectivity index (χ0n) is 8.60. The maximum atomic E-state index is 13.6. The van der Waals surface area contributed by atoms with Crippen molar-refractivity contribution in [3.05, 3.63) is 34.1 Å². The van der Waals surface area contributed by atoms with E-state index in [2.05, 4.69) is 21.2 Å². The molecule has 0 aliphatic carbocycles. The van der Waals surface area contributed by atoms with Crippen LogP contribution >= 0.6 is 15.9 Å². The van der Waals surface area contributed by atoms with E-state index in [9.17, 15) is 4.39 Å². The first-order valence-electron chi connectivity index (χ1n) is 5.41. The molecule has 82 valence electrons. The van der Waals surface area contributed by atoms with Crippen LogP contribution in [0.2, 0.25) is 0 Å². The Kier molecular flexibility index (Phi) is 3.76. The molecule has 1 aromatic rings. The van der Waals surface area contributed by atoms with Crippen LogP contribution in [0.4, 0.5) is 4.39 Å². The second-order valence-electron chi connectivity index (χ2n) is 4.12. The molecule has 1 fully saturated rings. The molecular formula is C12H15BrFN. The maximum Gasteiger partial charge on any atom is 0.127 e. The van der Waals surface area contributed by atoms with Crippen molar-refractivity contribution in [2.24, 2.45) is 5.92 Å². The van der Waals surface area contributed by atoms with Crippen LogP contribution in [0.15, 0.2) is 22.7 Å². The third-order valence-electron chi connectivity index (χ3n) is 2.95. The standard InChI is InChI=1S/C12H15BrFN/c13-11-4-1-5-12(14)10(11)7-9-3-2-6-15-8-9/h1,4-5,9,15H,2-3,6-8H2. The van der Waals surface area contributed by atoms with E-state index in [0.29, 0.717) is 5.92 Å². The lowest BCUT2D eigenvalue weighted by Crippen LogP contribution is -2.31. The highest BCUT2D eigenvalue weighted by atomic mass is 79.9. The predicted octanol–water partition coefficient (Wildman–Crippen LogP) is 3.13. The molecule has 1 N–H and O–H groups in total. The average Bonchev–Trinajstić information content (AvgIpc) is 2.25. The number of piperidine rings is 1. The summed E-state index contributed by atoms with van der Waals surface area (Å²) in [5, 5.41) is 3.36. The number of hydrogen-bond donors (Lipinski definition) is 1. The second-order valence-corrected chi connectivity index (χ2v) is 4.97. The zero-order valence-corrected chi connectivity index (χ0v) is 10.2. The van der Waals surface area contributed by atoms with Crippen molar-refractivity contribution in [1.29, 1.82) is 0 Å². The van der Waals surface area contributed by atoms with E-state index in [-0.39, 0.29) is 5.82 Å². The summed E-state index contributed by atoms with van der Waals surface area (Å²) in [5.74, 6) is 0.488. The molecule has 2 rings (SSSR count). The van der Waals surface area contributed by atoms with Gasteiger partial charge in [0.05, 0.1) is 0 Å². The summed E-state index contributed by atoms with van der Waals surface area (Å²) in [6.45, 7) is 2.12. The van der Waals surface area contributed by atoms with Crippen molar-refractivity contribution in [3.8, 4) is 0 Å². The Morgan fingerprint density at radius 2 is 2.33 bits per heavy atom. The average molecular weight is 272 g/mol. The van der Waals surface area contributed by atoms with E-state index in [4.69, 9.17) is 0 Å². The van der Waals surface area contributed by atoms with Gasteiger partial charge in [-0.25, -0.2) is 4.39 Å². The van der Waals surface area contributed by atoms with Gasteiger partial charge in [-0.15, -0.1) is 0 Å². The fourth-order valence-electron chi connectivity index (χ4n) is 2.11. The van der Waals surface area contributed by atoms with E-state index in [1.165, 1.54) is 18.9 Å². The van der Waals surface area contributed by atoms with Crippen molar-refractivity contribution in [2.75, 3.05) is 13.1 Å². The molecule has 3 heteroatoms. The number of nitrogens with one attached hydrogen (secondary N) is 1. The molecule has 0 amide bonds. The lowest BCUT2D eigenvalue weighted by atomic mass is 9.92. The Bertz CT molecular complexity index is 314. The summed E-state index contributed by atoms with van der Waals surface area (Å²) in [7, 11) is 0. The highest BCUT2D eigenvalue weighted by Crippen LogP contribution is 2.25. The van der Waals surface area contributed by atoms with Gasteiger partial charge in [-0.2, -0.15) is 0 Å². The van der Waals surface area contributed by atoms with E-state index in [0.717, 1.165) is 29.5 Å². The van der Waals surface area contributed by atoms with Crippen LogP contribution in [0.5, 0.6) is 0 Å². The normalized spacial score (nSPS) is 21.6. The molecule has 0 spiro atoms. The summed E-state index contributed by atoms with van der Waals surface area (Å²) in [4.78, 5) is 0. The Hall–Kier alpha value is -0.410. The molecular weight excluding hydrogens is 257 g/mol. The molecule has 0 bridgehead atoms. The first kappa shape index (κ1) is 11.1. The van der Waals surface area contributed by atoms with Crippen LogP contribution < -0.4 is 5.32 Å². The van der Waals surface area contributed by atoms with Crippen molar-refractivity contribution in [2.45, 2.75) is 19.3 Å². The number of benzene rings is 1. The quantitative estimate of drug-likeness (QED) is 0.872. The highest BCUT2D eigenvalue weighted by molar-refractivity contribution is 9.10. The van der Waals surface area contributed by atoms with Gasteiger partial charge in [0, 0.05) is 10.0 Å². The molecule has 1 atom stereocenters. The van der Waals surface area contributed by atoms with E-state index in [1.54, 1.807) is 6.07 Å². The van der Waals surface area contributed by atoms with E-state index in [1.807, 2.05) is 6.07 Å². The Morgan fingerprint density at radius 1 is 1.47 bits per heavy atom. The van der Waals surface area contributed by atoms with E-state index < -0.39 is 0 Å². The van der Waals surface area contributed by atoms with Gasteiger partial charge in [0.1, 0.15) is 5.82 Å². The molecule has 0 radical (unpaired) electrons. The number of halogens is 2. The fraction of sp³-hybridized carbons (Fsp3) is 0.500. The molecule has 1 heterocycles. The monoisotopic (exact) mass is 271 g/mol. The van der Waals surface area contributed by atoms with Gasteiger partial charge in [0.25, 0.3) is 0 Å². The highest BCUT2D eigenvalue weighted by Gasteiger charge is 2.16. The van der Waals surface area contributed by atoms with Crippen LogP contribution in [0.1, 0.15) is 18.4 Å². The zero-order chi connectivity index (χ0) is 10.7. The van der Waals surface area contributed by atoms with Gasteiger partial charge < -0.3 is 5.32 Å². The topological polar surface area (TPSA) is 12.0 Å². The second kappa shape index (κ2) is 5.08. The predicted molar refractivity (Wildman–Crippen MR) is 63.4 cm³/mol. The maximum absolute atomic E-state index is 13.6. The summed E-state index contributed by atoms with van der Waals surface area (Å²) >= 11 is 3.41. The van der Waals surface area contributed by atoms with Crippen LogP contribution in [-0.4, -0.2) is 13.1 Å². The Balaban J connectivity index is 2.09. The minimum Gasteiger partial charge on any atom is -0.316 e. The summed E-state index contributed by atoms with van der Waals surface area (Å²) in [5.41, 5.74) is 0.825. The van der Waals surface area contributed by atoms with Gasteiger partial charge >= 0.3 is 0 Å². The van der Waals surface area contributed by atoms with Gasteiger partial charge in [-0.05, 0) is 50.4 Å². The van der Waals surface area contributed by atoms with Crippen LogP contribution in [0.25, 0.3) is 0 Å². The number of rotatable bonds is 2. The minimum absolute atomic E-state index is 0.0880. The fourth-order valence-corrected chi connectivity index (χ4v) is 2.62. The van der Waals surface area contributed by atoms with Gasteiger partial charge in [0.2, 0.25) is 0 Å². The molecule has 1 aromatic carbocycles. The van der Waals surface area contributed by atoms with Crippen molar-refractivity contribution in [1.82, 2.24) is 5.32 Å². The largest absolute Gasteiger partial charge is 0.316 e.